The summed E-state index contributed by atoms with van der Waals surface area (Å²) in [6.07, 6.45) is 7.15. The van der Waals surface area contributed by atoms with Crippen LogP contribution in [-0.2, 0) is 14.3 Å². The first-order valence-corrected chi connectivity index (χ1v) is 14.2. The highest BCUT2D eigenvalue weighted by molar-refractivity contribution is 7.98. The number of amides is 3. The number of halogens is 1. The van der Waals surface area contributed by atoms with E-state index >= 15 is 0 Å². The zero-order valence-electron chi connectivity index (χ0n) is 22.9. The quantitative estimate of drug-likeness (QED) is 0.334. The van der Waals surface area contributed by atoms with Crippen molar-refractivity contribution in [1.82, 2.24) is 10.2 Å². The van der Waals surface area contributed by atoms with Crippen molar-refractivity contribution in [2.45, 2.75) is 51.8 Å². The summed E-state index contributed by atoms with van der Waals surface area (Å²) in [5, 5.41) is 15.8. The van der Waals surface area contributed by atoms with Crippen molar-refractivity contribution in [3.05, 3.63) is 64.2 Å². The minimum atomic E-state index is -1.23. The summed E-state index contributed by atoms with van der Waals surface area (Å²) in [5.41, 5.74) is 1.15. The van der Waals surface area contributed by atoms with Crippen LogP contribution in [0.3, 0.4) is 0 Å². The lowest BCUT2D eigenvalue weighted by atomic mass is 9.97. The van der Waals surface area contributed by atoms with Crippen LogP contribution in [0.5, 0.6) is 0 Å². The molecule has 210 valence electrons. The second-order valence-corrected chi connectivity index (χ2v) is 11.2. The van der Waals surface area contributed by atoms with Crippen molar-refractivity contribution >= 4 is 47.0 Å². The molecule has 10 heteroatoms. The van der Waals surface area contributed by atoms with Gasteiger partial charge < -0.3 is 25.4 Å². The molecule has 0 aliphatic carbocycles. The van der Waals surface area contributed by atoms with Gasteiger partial charge in [0, 0.05) is 12.1 Å². The zero-order valence-corrected chi connectivity index (χ0v) is 24.5. The molecule has 8 nitrogen and oxygen atoms in total. The summed E-state index contributed by atoms with van der Waals surface area (Å²) in [4.78, 5) is 41.8. The van der Waals surface area contributed by atoms with Crippen molar-refractivity contribution in [2.24, 2.45) is 0 Å². The number of nitrogens with zero attached hydrogens (tertiary/aromatic N) is 1. The fraction of sp³-hybridized carbons (Fsp3) is 0.414. The third-order valence-electron chi connectivity index (χ3n) is 5.66. The number of rotatable bonds is 11. The number of hydrogen-bond donors (Lipinski definition) is 3. The second kappa shape index (κ2) is 14.8. The normalized spacial score (nSPS) is 12.6. The fourth-order valence-corrected chi connectivity index (χ4v) is 4.66. The van der Waals surface area contributed by atoms with E-state index < -0.39 is 42.2 Å². The molecule has 0 aromatic heterocycles. The largest absolute Gasteiger partial charge is 0.444 e. The molecule has 0 aliphatic rings. The monoisotopic (exact) mass is 573 g/mol. The predicted molar refractivity (Wildman–Crippen MR) is 157 cm³/mol. The van der Waals surface area contributed by atoms with Gasteiger partial charge in [-0.15, -0.1) is 6.42 Å². The lowest BCUT2D eigenvalue weighted by molar-refractivity contribution is -0.141. The molecule has 2 atom stereocenters. The average molecular weight is 574 g/mol. The van der Waals surface area contributed by atoms with Gasteiger partial charge in [-0.05, 0) is 69.4 Å². The summed E-state index contributed by atoms with van der Waals surface area (Å²) < 4.78 is 5.38. The Labute approximate surface area is 239 Å². The Balaban J connectivity index is 2.59. The summed E-state index contributed by atoms with van der Waals surface area (Å²) in [7, 11) is 0. The van der Waals surface area contributed by atoms with Gasteiger partial charge in [0.15, 0.2) is 0 Å². The minimum absolute atomic E-state index is 0.191. The van der Waals surface area contributed by atoms with Crippen LogP contribution in [0.15, 0.2) is 42.5 Å². The molecule has 0 bridgehead atoms. The summed E-state index contributed by atoms with van der Waals surface area (Å²) in [6, 6.07) is 9.73. The number of carbonyl (C=O) groups is 3. The molecular formula is C29H36ClN3O5S. The number of para-hydroxylation sites is 1. The number of thioether (sulfide) groups is 1. The number of aryl methyl sites for hydroxylation is 1. The standard InChI is InChI=1S/C29H36ClN3O5S/c1-7-20-12-8-9-13-21(20)25(26(35)32-24-19(2)11-10-14-22(24)30)33(16-17-34)27(36)23(15-18-39-6)31-28(37)38-29(3,4)5/h1,8-14,23,25,34H,15-18H2,2-6H3,(H,31,37)(H,32,35). The van der Waals surface area contributed by atoms with Crippen LogP contribution in [0, 0.1) is 19.3 Å². The van der Waals surface area contributed by atoms with Gasteiger partial charge in [0.05, 0.1) is 17.3 Å². The number of carbonyl (C=O) groups excluding carboxylic acids is 3. The Morgan fingerprint density at radius 2 is 1.87 bits per heavy atom. The Hall–Kier alpha value is -3.19. The van der Waals surface area contributed by atoms with Crippen LogP contribution >= 0.6 is 23.4 Å². The van der Waals surface area contributed by atoms with Crippen LogP contribution < -0.4 is 10.6 Å². The maximum absolute atomic E-state index is 14.0. The highest BCUT2D eigenvalue weighted by atomic mass is 35.5. The van der Waals surface area contributed by atoms with Gasteiger partial charge >= 0.3 is 6.09 Å². The molecule has 2 aromatic carbocycles. The van der Waals surface area contributed by atoms with Crippen molar-refractivity contribution in [3.63, 3.8) is 0 Å². The van der Waals surface area contributed by atoms with E-state index in [1.807, 2.05) is 6.26 Å². The van der Waals surface area contributed by atoms with Gasteiger partial charge in [-0.1, -0.05) is 47.9 Å². The van der Waals surface area contributed by atoms with Crippen molar-refractivity contribution in [3.8, 4) is 12.3 Å². The lowest BCUT2D eigenvalue weighted by Crippen LogP contribution is -2.53. The Kier molecular flexibility index (Phi) is 12.2. The Bertz CT molecular complexity index is 1190. The molecule has 0 fully saturated rings. The first-order chi connectivity index (χ1) is 18.4. The number of ether oxygens (including phenoxy) is 1. The average Bonchev–Trinajstić information content (AvgIpc) is 2.87. The van der Waals surface area contributed by atoms with Crippen molar-refractivity contribution in [2.75, 3.05) is 30.5 Å². The summed E-state index contributed by atoms with van der Waals surface area (Å²) >= 11 is 7.87. The number of benzene rings is 2. The smallest absolute Gasteiger partial charge is 0.408 e. The summed E-state index contributed by atoms with van der Waals surface area (Å²) in [5.74, 6) is 1.99. The van der Waals surface area contributed by atoms with E-state index in [0.29, 0.717) is 27.6 Å². The first kappa shape index (κ1) is 32.0. The lowest BCUT2D eigenvalue weighted by Gasteiger charge is -2.34. The molecule has 0 saturated heterocycles. The first-order valence-electron chi connectivity index (χ1n) is 12.4. The van der Waals surface area contributed by atoms with E-state index in [4.69, 9.17) is 22.8 Å². The Morgan fingerprint density at radius 1 is 1.18 bits per heavy atom. The van der Waals surface area contributed by atoms with E-state index in [2.05, 4.69) is 16.6 Å². The third-order valence-corrected chi connectivity index (χ3v) is 6.62. The van der Waals surface area contributed by atoms with Gasteiger partial charge in [0.1, 0.15) is 17.7 Å². The molecule has 3 amide bonds. The molecule has 2 unspecified atom stereocenters. The minimum Gasteiger partial charge on any atom is -0.444 e. The summed E-state index contributed by atoms with van der Waals surface area (Å²) in [6.45, 7) is 6.33. The van der Waals surface area contributed by atoms with E-state index in [1.165, 1.54) is 16.7 Å². The molecule has 2 rings (SSSR count). The van der Waals surface area contributed by atoms with E-state index in [1.54, 1.807) is 70.2 Å². The van der Waals surface area contributed by atoms with Gasteiger partial charge in [-0.2, -0.15) is 11.8 Å². The number of aliphatic hydroxyl groups excluding tert-OH is 1. The van der Waals surface area contributed by atoms with E-state index in [-0.39, 0.29) is 13.0 Å². The van der Waals surface area contributed by atoms with Gasteiger partial charge in [0.2, 0.25) is 5.91 Å². The van der Waals surface area contributed by atoms with E-state index in [0.717, 1.165) is 5.56 Å². The van der Waals surface area contributed by atoms with Crippen LogP contribution in [0.1, 0.15) is 49.9 Å². The van der Waals surface area contributed by atoms with Crippen LogP contribution in [0.25, 0.3) is 0 Å². The van der Waals surface area contributed by atoms with Crippen LogP contribution in [0.2, 0.25) is 5.02 Å². The Morgan fingerprint density at radius 3 is 2.46 bits per heavy atom. The highest BCUT2D eigenvalue weighted by Gasteiger charge is 2.37. The van der Waals surface area contributed by atoms with Gasteiger partial charge in [0.25, 0.3) is 5.91 Å². The number of alkyl carbamates (subject to hydrolysis) is 1. The molecule has 0 radical (unpaired) electrons. The maximum Gasteiger partial charge on any atom is 0.408 e. The molecule has 3 N–H and O–H groups in total. The van der Waals surface area contributed by atoms with Crippen LogP contribution in [0.4, 0.5) is 10.5 Å². The molecule has 2 aromatic rings. The number of terminal acetylenes is 1. The molecule has 39 heavy (non-hydrogen) atoms. The fourth-order valence-electron chi connectivity index (χ4n) is 3.92. The number of anilines is 1. The molecule has 0 heterocycles. The van der Waals surface area contributed by atoms with Crippen molar-refractivity contribution < 1.29 is 24.2 Å². The van der Waals surface area contributed by atoms with E-state index in [9.17, 15) is 19.5 Å². The topological polar surface area (TPSA) is 108 Å². The number of aliphatic hydroxyl groups is 1. The molecule has 0 aliphatic heterocycles. The SMILES string of the molecule is C#Cc1ccccc1C(C(=O)Nc1c(C)cccc1Cl)N(CCO)C(=O)C(CCSC)NC(=O)OC(C)(C)C. The van der Waals surface area contributed by atoms with Gasteiger partial charge in [-0.3, -0.25) is 9.59 Å². The predicted octanol–water partition coefficient (Wildman–Crippen LogP) is 4.78. The van der Waals surface area contributed by atoms with Crippen molar-refractivity contribution in [1.29, 1.82) is 0 Å². The second-order valence-electron chi connectivity index (χ2n) is 9.79. The zero-order chi connectivity index (χ0) is 29.2. The molecular weight excluding hydrogens is 538 g/mol. The van der Waals surface area contributed by atoms with Crippen LogP contribution in [-0.4, -0.2) is 64.7 Å². The number of hydrogen-bond acceptors (Lipinski definition) is 6. The number of nitrogens with one attached hydrogen (secondary N) is 2. The molecule has 0 spiro atoms. The van der Waals surface area contributed by atoms with Gasteiger partial charge in [-0.25, -0.2) is 4.79 Å². The maximum atomic E-state index is 14.0. The highest BCUT2D eigenvalue weighted by Crippen LogP contribution is 2.30. The third kappa shape index (κ3) is 9.20. The molecule has 0 saturated carbocycles.